The zero-order valence-electron chi connectivity index (χ0n) is 13.9. The molecule has 0 aliphatic heterocycles. The number of esters is 1. The van der Waals surface area contributed by atoms with Crippen molar-refractivity contribution in [3.8, 4) is 0 Å². The Morgan fingerprint density at radius 2 is 1.68 bits per heavy atom. The van der Waals surface area contributed by atoms with Gasteiger partial charge in [-0.3, -0.25) is 4.31 Å². The summed E-state index contributed by atoms with van der Waals surface area (Å²) in [6.45, 7) is 7.93. The van der Waals surface area contributed by atoms with Gasteiger partial charge in [0.2, 0.25) is 0 Å². The summed E-state index contributed by atoms with van der Waals surface area (Å²) in [6, 6.07) is 6.51. The first kappa shape index (κ1) is 18.4. The van der Waals surface area contributed by atoms with Crippen molar-refractivity contribution in [3.05, 3.63) is 41.2 Å². The quantitative estimate of drug-likeness (QED) is 0.469. The zero-order chi connectivity index (χ0) is 17.1. The van der Waals surface area contributed by atoms with E-state index in [2.05, 4.69) is 0 Å². The molecule has 0 aliphatic carbocycles. The minimum Gasteiger partial charge on any atom is -0.464 e. The second-order valence-corrected chi connectivity index (χ2v) is 13.2. The fourth-order valence-electron chi connectivity index (χ4n) is 1.79. The number of methoxy groups -OCH3 is 1. The number of carbonyl (C=O) groups is 1. The number of hydrogen-bond acceptors (Lipinski definition) is 4. The average molecular weight is 342 g/mol. The van der Waals surface area contributed by atoms with Gasteiger partial charge < -0.3 is 4.74 Å². The number of nitrogens with zero attached hydrogens (tertiary/aromatic N) is 1. The van der Waals surface area contributed by atoms with Crippen LogP contribution in [0.4, 0.5) is 0 Å². The smallest absolute Gasteiger partial charge is 0.354 e. The first-order valence-corrected chi connectivity index (χ1v) is 11.9. The van der Waals surface area contributed by atoms with Gasteiger partial charge in [0.05, 0.1) is 20.1 Å². The number of ether oxygens (including phenoxy) is 1. The minimum atomic E-state index is -3.80. The van der Waals surface area contributed by atoms with Crippen molar-refractivity contribution in [2.45, 2.75) is 31.5 Å². The highest BCUT2D eigenvalue weighted by Gasteiger charge is 2.29. The Morgan fingerprint density at radius 3 is 2.09 bits per heavy atom. The molecule has 5 nitrogen and oxygen atoms in total. The van der Waals surface area contributed by atoms with Gasteiger partial charge in [-0.05, 0) is 19.1 Å². The first-order chi connectivity index (χ1) is 9.99. The summed E-state index contributed by atoms with van der Waals surface area (Å²) >= 11 is 0. The standard InChI is InChI=1S/C15H23NO4SSi/c1-12-7-9-13(10-8-12)21(18,19)16(2)14(15(17)20-3)11-22(4,5)6/h7-11H,1-6H3/b14-11-. The molecule has 0 spiro atoms. The van der Waals surface area contributed by atoms with Crippen LogP contribution in [0.1, 0.15) is 5.56 Å². The maximum Gasteiger partial charge on any atom is 0.354 e. The van der Waals surface area contributed by atoms with Crippen LogP contribution in [0.25, 0.3) is 0 Å². The van der Waals surface area contributed by atoms with E-state index in [4.69, 9.17) is 4.74 Å². The van der Waals surface area contributed by atoms with E-state index >= 15 is 0 Å². The highest BCUT2D eigenvalue weighted by atomic mass is 32.2. The molecule has 22 heavy (non-hydrogen) atoms. The molecule has 0 heterocycles. The molecule has 0 fully saturated rings. The molecular formula is C15H23NO4SSi. The summed E-state index contributed by atoms with van der Waals surface area (Å²) in [7, 11) is -3.00. The highest BCUT2D eigenvalue weighted by molar-refractivity contribution is 7.89. The predicted molar refractivity (Wildman–Crippen MR) is 89.6 cm³/mol. The second kappa shape index (κ2) is 6.66. The third kappa shape index (κ3) is 4.44. The van der Waals surface area contributed by atoms with Crippen LogP contribution in [0, 0.1) is 6.92 Å². The third-order valence-electron chi connectivity index (χ3n) is 2.98. The summed E-state index contributed by atoms with van der Waals surface area (Å²) in [5.41, 5.74) is 2.75. The van der Waals surface area contributed by atoms with Gasteiger partial charge in [-0.25, -0.2) is 13.2 Å². The third-order valence-corrected chi connectivity index (χ3v) is 5.91. The molecule has 0 amide bonds. The SMILES string of the molecule is COC(=O)/C(=C/[Si](C)(C)C)N(C)S(=O)(=O)c1ccc(C)cc1. The molecule has 0 atom stereocenters. The van der Waals surface area contributed by atoms with Crippen LogP contribution in [0.15, 0.2) is 40.6 Å². The maximum atomic E-state index is 12.7. The molecule has 0 saturated heterocycles. The van der Waals surface area contributed by atoms with Crippen molar-refractivity contribution >= 4 is 24.1 Å². The van der Waals surface area contributed by atoms with E-state index in [1.807, 2.05) is 26.6 Å². The summed E-state index contributed by atoms with van der Waals surface area (Å²) in [6.07, 6.45) is 0. The Bertz CT molecular complexity index is 672. The van der Waals surface area contributed by atoms with E-state index in [0.717, 1.165) is 9.87 Å². The molecule has 0 saturated carbocycles. The fraction of sp³-hybridized carbons (Fsp3) is 0.400. The lowest BCUT2D eigenvalue weighted by molar-refractivity contribution is -0.137. The van der Waals surface area contributed by atoms with E-state index in [9.17, 15) is 13.2 Å². The first-order valence-electron chi connectivity index (χ1n) is 6.86. The van der Waals surface area contributed by atoms with Crippen molar-refractivity contribution in [1.29, 1.82) is 0 Å². The van der Waals surface area contributed by atoms with E-state index < -0.39 is 24.1 Å². The molecule has 0 bridgehead atoms. The van der Waals surface area contributed by atoms with Crippen LogP contribution >= 0.6 is 0 Å². The number of rotatable bonds is 5. The van der Waals surface area contributed by atoms with Crippen molar-refractivity contribution in [2.75, 3.05) is 14.2 Å². The van der Waals surface area contributed by atoms with Crippen molar-refractivity contribution < 1.29 is 17.9 Å². The summed E-state index contributed by atoms with van der Waals surface area (Å²) in [5.74, 6) is -0.652. The fourth-order valence-corrected chi connectivity index (χ4v) is 4.20. The summed E-state index contributed by atoms with van der Waals surface area (Å²) in [4.78, 5) is 12.1. The molecule has 0 unspecified atom stereocenters. The molecule has 0 N–H and O–H groups in total. The predicted octanol–water partition coefficient (Wildman–Crippen LogP) is 2.55. The number of hydrogen-bond donors (Lipinski definition) is 0. The van der Waals surface area contributed by atoms with Crippen molar-refractivity contribution in [1.82, 2.24) is 4.31 Å². The topological polar surface area (TPSA) is 63.7 Å². The van der Waals surface area contributed by atoms with Crippen LogP contribution in [-0.2, 0) is 19.6 Å². The monoisotopic (exact) mass is 341 g/mol. The van der Waals surface area contributed by atoms with Crippen molar-refractivity contribution in [3.63, 3.8) is 0 Å². The van der Waals surface area contributed by atoms with E-state index in [0.29, 0.717) is 0 Å². The molecule has 122 valence electrons. The van der Waals surface area contributed by atoms with Gasteiger partial charge in [-0.1, -0.05) is 43.0 Å². The van der Waals surface area contributed by atoms with Gasteiger partial charge in [-0.2, -0.15) is 0 Å². The molecule has 1 aromatic carbocycles. The molecule has 0 aliphatic rings. The zero-order valence-corrected chi connectivity index (χ0v) is 15.7. The molecule has 0 aromatic heterocycles. The van der Waals surface area contributed by atoms with Gasteiger partial charge in [0, 0.05) is 7.05 Å². The van der Waals surface area contributed by atoms with Crippen LogP contribution in [-0.4, -0.2) is 40.9 Å². The van der Waals surface area contributed by atoms with Crippen LogP contribution < -0.4 is 0 Å². The average Bonchev–Trinajstić information content (AvgIpc) is 2.42. The normalized spacial score (nSPS) is 12.9. The Morgan fingerprint density at radius 1 is 1.18 bits per heavy atom. The lowest BCUT2D eigenvalue weighted by atomic mass is 10.2. The van der Waals surface area contributed by atoms with E-state index in [-0.39, 0.29) is 10.6 Å². The molecule has 7 heteroatoms. The maximum absolute atomic E-state index is 12.7. The lowest BCUT2D eigenvalue weighted by Crippen LogP contribution is -2.33. The van der Waals surface area contributed by atoms with Gasteiger partial charge in [0.25, 0.3) is 10.0 Å². The van der Waals surface area contributed by atoms with Crippen LogP contribution in [0.5, 0.6) is 0 Å². The number of carbonyl (C=O) groups excluding carboxylic acids is 1. The second-order valence-electron chi connectivity index (χ2n) is 6.17. The van der Waals surface area contributed by atoms with Gasteiger partial charge in [-0.15, -0.1) is 0 Å². The summed E-state index contributed by atoms with van der Waals surface area (Å²) in [5, 5.41) is 0. The molecule has 1 rings (SSSR count). The number of aryl methyl sites for hydroxylation is 1. The van der Waals surface area contributed by atoms with Gasteiger partial charge >= 0.3 is 5.97 Å². The van der Waals surface area contributed by atoms with E-state index in [1.165, 1.54) is 26.3 Å². The molecular weight excluding hydrogens is 318 g/mol. The van der Waals surface area contributed by atoms with Crippen LogP contribution in [0.3, 0.4) is 0 Å². The number of sulfonamides is 1. The van der Waals surface area contributed by atoms with Crippen LogP contribution in [0.2, 0.25) is 19.6 Å². The van der Waals surface area contributed by atoms with Crippen molar-refractivity contribution in [2.24, 2.45) is 0 Å². The highest BCUT2D eigenvalue weighted by Crippen LogP contribution is 2.21. The number of benzene rings is 1. The Labute approximate surface area is 133 Å². The van der Waals surface area contributed by atoms with Gasteiger partial charge in [0.1, 0.15) is 5.70 Å². The van der Waals surface area contributed by atoms with E-state index in [1.54, 1.807) is 17.8 Å². The Balaban J connectivity index is 3.34. The minimum absolute atomic E-state index is 0.0576. The Hall–Kier alpha value is -1.60. The molecule has 1 aromatic rings. The summed E-state index contributed by atoms with van der Waals surface area (Å²) < 4.78 is 31.1. The van der Waals surface area contributed by atoms with Gasteiger partial charge in [0.15, 0.2) is 0 Å². The number of likely N-dealkylation sites (N-methyl/N-ethyl adjacent to an activating group) is 1. The Kier molecular flexibility index (Phi) is 5.58. The lowest BCUT2D eigenvalue weighted by Gasteiger charge is -2.23. The molecule has 0 radical (unpaired) electrons. The largest absolute Gasteiger partial charge is 0.464 e.